The van der Waals surface area contributed by atoms with E-state index < -0.39 is 0 Å². The van der Waals surface area contributed by atoms with Gasteiger partial charge in [0, 0.05) is 30.2 Å². The van der Waals surface area contributed by atoms with Crippen molar-refractivity contribution in [2.45, 2.75) is 25.8 Å². The number of fused-ring (bicyclic) bond motifs is 3. The van der Waals surface area contributed by atoms with E-state index in [-0.39, 0.29) is 17.5 Å². The van der Waals surface area contributed by atoms with Crippen LogP contribution in [0.5, 0.6) is 0 Å². The second-order valence-electron chi connectivity index (χ2n) is 6.62. The molecule has 3 fully saturated rings. The topological polar surface area (TPSA) is 67.2 Å². The number of aryl methyl sites for hydroxylation is 1. The standard InChI is InChI=1S/C17H20N4O2S/c1-11-10-24-17(18-11)21-8-13(2-3-15(21)22)16(23)19-14-9-20-6-4-12(14)5-7-20/h2-3,8,10,12,14H,4-7,9H2,1H3,(H,19,23). The molecule has 0 saturated carbocycles. The van der Waals surface area contributed by atoms with Crippen molar-refractivity contribution in [3.8, 4) is 5.13 Å². The van der Waals surface area contributed by atoms with Crippen molar-refractivity contribution >= 4 is 17.2 Å². The van der Waals surface area contributed by atoms with E-state index >= 15 is 0 Å². The highest BCUT2D eigenvalue weighted by atomic mass is 32.1. The third-order valence-electron chi connectivity index (χ3n) is 4.96. The number of aromatic nitrogens is 2. The molecule has 1 unspecified atom stereocenters. The van der Waals surface area contributed by atoms with E-state index in [1.807, 2.05) is 12.3 Å². The predicted molar refractivity (Wildman–Crippen MR) is 92.9 cm³/mol. The molecule has 2 aromatic rings. The van der Waals surface area contributed by atoms with E-state index in [0.717, 1.165) is 38.2 Å². The highest BCUT2D eigenvalue weighted by molar-refractivity contribution is 7.12. The SMILES string of the molecule is Cc1csc(-n2cc(C(=O)NC3CN4CCC3CC4)ccc2=O)n1. The van der Waals surface area contributed by atoms with Crippen molar-refractivity contribution in [3.05, 3.63) is 45.3 Å². The van der Waals surface area contributed by atoms with Crippen molar-refractivity contribution in [1.82, 2.24) is 19.8 Å². The molecule has 24 heavy (non-hydrogen) atoms. The molecule has 1 atom stereocenters. The van der Waals surface area contributed by atoms with Gasteiger partial charge in [-0.2, -0.15) is 0 Å². The fourth-order valence-corrected chi connectivity index (χ4v) is 4.39. The van der Waals surface area contributed by atoms with Crippen LogP contribution >= 0.6 is 11.3 Å². The van der Waals surface area contributed by atoms with E-state index in [2.05, 4.69) is 15.2 Å². The Labute approximate surface area is 144 Å². The minimum absolute atomic E-state index is 0.115. The zero-order valence-corrected chi connectivity index (χ0v) is 14.4. The molecule has 0 radical (unpaired) electrons. The van der Waals surface area contributed by atoms with Crippen molar-refractivity contribution in [3.63, 3.8) is 0 Å². The molecule has 6 nitrogen and oxygen atoms in total. The van der Waals surface area contributed by atoms with Crippen LogP contribution < -0.4 is 10.9 Å². The van der Waals surface area contributed by atoms with Gasteiger partial charge in [0.25, 0.3) is 11.5 Å². The lowest BCUT2D eigenvalue weighted by Crippen LogP contribution is -2.57. The fraction of sp³-hybridized carbons (Fsp3) is 0.471. The number of nitrogens with one attached hydrogen (secondary N) is 1. The van der Waals surface area contributed by atoms with Gasteiger partial charge in [-0.1, -0.05) is 0 Å². The highest BCUT2D eigenvalue weighted by Crippen LogP contribution is 2.27. The van der Waals surface area contributed by atoms with Crippen molar-refractivity contribution in [2.24, 2.45) is 5.92 Å². The van der Waals surface area contributed by atoms with Gasteiger partial charge in [0.15, 0.2) is 5.13 Å². The van der Waals surface area contributed by atoms with Crippen molar-refractivity contribution < 1.29 is 4.79 Å². The van der Waals surface area contributed by atoms with Gasteiger partial charge >= 0.3 is 0 Å². The number of thiazole rings is 1. The minimum Gasteiger partial charge on any atom is -0.348 e. The molecule has 5 heterocycles. The van der Waals surface area contributed by atoms with E-state index in [1.54, 1.807) is 12.3 Å². The highest BCUT2D eigenvalue weighted by Gasteiger charge is 2.35. The Kier molecular flexibility index (Phi) is 3.97. The van der Waals surface area contributed by atoms with Gasteiger partial charge in [-0.05, 0) is 44.8 Å². The predicted octanol–water partition coefficient (Wildman–Crippen LogP) is 1.43. The van der Waals surface area contributed by atoms with Gasteiger partial charge in [0.2, 0.25) is 0 Å². The minimum atomic E-state index is -0.177. The molecule has 126 valence electrons. The molecule has 2 aromatic heterocycles. The number of carbonyl (C=O) groups excluding carboxylic acids is 1. The molecule has 7 heteroatoms. The van der Waals surface area contributed by atoms with Gasteiger partial charge in [-0.15, -0.1) is 11.3 Å². The average Bonchev–Trinajstić information content (AvgIpc) is 3.02. The molecule has 3 aliphatic rings. The summed E-state index contributed by atoms with van der Waals surface area (Å²) in [6, 6.07) is 3.24. The number of hydrogen-bond acceptors (Lipinski definition) is 5. The molecule has 0 aliphatic carbocycles. The molecule has 5 rings (SSSR count). The maximum atomic E-state index is 12.6. The van der Waals surface area contributed by atoms with E-state index in [0.29, 0.717) is 16.6 Å². The van der Waals surface area contributed by atoms with Crippen LogP contribution in [0.1, 0.15) is 28.9 Å². The number of carbonyl (C=O) groups is 1. The van der Waals surface area contributed by atoms with Gasteiger partial charge in [0.1, 0.15) is 0 Å². The average molecular weight is 344 g/mol. The van der Waals surface area contributed by atoms with E-state index in [4.69, 9.17) is 0 Å². The Morgan fingerprint density at radius 3 is 2.75 bits per heavy atom. The number of amides is 1. The lowest BCUT2D eigenvalue weighted by molar-refractivity contribution is 0.0620. The first-order valence-corrected chi connectivity index (χ1v) is 9.16. The maximum Gasteiger partial charge on any atom is 0.256 e. The van der Waals surface area contributed by atoms with Crippen LogP contribution in [0.4, 0.5) is 0 Å². The Morgan fingerprint density at radius 1 is 1.33 bits per heavy atom. The van der Waals surface area contributed by atoms with Gasteiger partial charge in [0.05, 0.1) is 11.3 Å². The lowest BCUT2D eigenvalue weighted by atomic mass is 9.84. The monoisotopic (exact) mass is 344 g/mol. The van der Waals surface area contributed by atoms with Crippen LogP contribution in [0.3, 0.4) is 0 Å². The second kappa shape index (κ2) is 6.14. The summed E-state index contributed by atoms with van der Waals surface area (Å²) < 4.78 is 1.45. The van der Waals surface area contributed by atoms with Gasteiger partial charge in [-0.25, -0.2) is 4.98 Å². The van der Waals surface area contributed by atoms with Gasteiger partial charge in [-0.3, -0.25) is 14.2 Å². The first kappa shape index (κ1) is 15.5. The molecule has 2 bridgehead atoms. The van der Waals surface area contributed by atoms with Gasteiger partial charge < -0.3 is 10.2 Å². The van der Waals surface area contributed by atoms with Crippen LogP contribution in [0, 0.1) is 12.8 Å². The molecular formula is C17H20N4O2S. The van der Waals surface area contributed by atoms with Crippen LogP contribution in [0.2, 0.25) is 0 Å². The lowest BCUT2D eigenvalue weighted by Gasteiger charge is -2.44. The Bertz CT molecular complexity index is 820. The summed E-state index contributed by atoms with van der Waals surface area (Å²) in [6.45, 7) is 5.10. The number of nitrogens with zero attached hydrogens (tertiary/aromatic N) is 3. The third kappa shape index (κ3) is 2.89. The third-order valence-corrected chi connectivity index (χ3v) is 5.92. The Morgan fingerprint density at radius 2 is 2.12 bits per heavy atom. The molecular weight excluding hydrogens is 324 g/mol. The second-order valence-corrected chi connectivity index (χ2v) is 7.45. The van der Waals surface area contributed by atoms with Crippen LogP contribution in [-0.2, 0) is 0 Å². The zero-order chi connectivity index (χ0) is 16.7. The van der Waals surface area contributed by atoms with Crippen LogP contribution in [0.15, 0.2) is 28.5 Å². The smallest absolute Gasteiger partial charge is 0.256 e. The normalized spacial score (nSPS) is 25.6. The summed E-state index contributed by atoms with van der Waals surface area (Å²) in [7, 11) is 0. The summed E-state index contributed by atoms with van der Waals surface area (Å²) in [4.78, 5) is 31.5. The zero-order valence-electron chi connectivity index (χ0n) is 13.6. The number of hydrogen-bond donors (Lipinski definition) is 1. The van der Waals surface area contributed by atoms with Crippen LogP contribution in [0.25, 0.3) is 5.13 Å². The number of rotatable bonds is 3. The molecule has 3 aliphatic heterocycles. The summed E-state index contributed by atoms with van der Waals surface area (Å²) in [5, 5.41) is 5.64. The summed E-state index contributed by atoms with van der Waals surface area (Å²) in [6.07, 6.45) is 3.91. The molecule has 0 spiro atoms. The Balaban J connectivity index is 1.55. The summed E-state index contributed by atoms with van der Waals surface area (Å²) >= 11 is 1.40. The number of pyridine rings is 1. The molecule has 3 saturated heterocycles. The van der Waals surface area contributed by atoms with E-state index in [1.165, 1.54) is 22.0 Å². The maximum absolute atomic E-state index is 12.6. The Hall–Kier alpha value is -1.99. The molecule has 1 N–H and O–H groups in total. The van der Waals surface area contributed by atoms with Crippen LogP contribution in [-0.4, -0.2) is 46.0 Å². The van der Waals surface area contributed by atoms with Crippen molar-refractivity contribution in [2.75, 3.05) is 19.6 Å². The first-order chi connectivity index (χ1) is 11.6. The summed E-state index contributed by atoms with van der Waals surface area (Å²) in [5.74, 6) is 0.460. The molecule has 0 aromatic carbocycles. The largest absolute Gasteiger partial charge is 0.348 e. The quantitative estimate of drug-likeness (QED) is 0.915. The first-order valence-electron chi connectivity index (χ1n) is 8.28. The molecule has 1 amide bonds. The number of piperidine rings is 3. The fourth-order valence-electron chi connectivity index (χ4n) is 3.60. The van der Waals surface area contributed by atoms with E-state index in [9.17, 15) is 9.59 Å². The van der Waals surface area contributed by atoms with Crippen molar-refractivity contribution in [1.29, 1.82) is 0 Å². The summed E-state index contributed by atoms with van der Waals surface area (Å²) in [5.41, 5.74) is 1.19.